The zero-order chi connectivity index (χ0) is 12.1. The van der Waals surface area contributed by atoms with E-state index in [1.165, 1.54) is 6.07 Å². The first-order valence-corrected chi connectivity index (χ1v) is 4.78. The predicted octanol–water partition coefficient (Wildman–Crippen LogP) is 1.14. The van der Waals surface area contributed by atoms with E-state index in [9.17, 15) is 14.9 Å². The zero-order valence-corrected chi connectivity index (χ0v) is 8.80. The monoisotopic (exact) mass is 225 g/mol. The van der Waals surface area contributed by atoms with Gasteiger partial charge in [-0.1, -0.05) is 18.9 Å². The number of nitrogens with one attached hydrogen (secondary N) is 1. The quantitative estimate of drug-likeness (QED) is 0.592. The Hall–Kier alpha value is -1.92. The number of aromatic amines is 1. The molecule has 0 bridgehead atoms. The summed E-state index contributed by atoms with van der Waals surface area (Å²) in [5, 5.41) is 25.5. The van der Waals surface area contributed by atoms with Crippen molar-refractivity contribution in [2.75, 3.05) is 0 Å². The molecule has 1 aliphatic rings. The third-order valence-electron chi connectivity index (χ3n) is 3.19. The lowest BCUT2D eigenvalue weighted by Gasteiger charge is -1.96. The van der Waals surface area contributed by atoms with Crippen LogP contribution in [0.5, 0.6) is 0 Å². The Balaban J connectivity index is 2.27. The Bertz CT molecular complexity index is 465. The molecule has 7 nitrogen and oxygen atoms in total. The second-order valence-corrected chi connectivity index (χ2v) is 4.55. The van der Waals surface area contributed by atoms with Gasteiger partial charge in [-0.3, -0.25) is 4.79 Å². The Morgan fingerprint density at radius 1 is 1.69 bits per heavy atom. The molecule has 0 spiro atoms. The maximum atomic E-state index is 10.9. The molecular weight excluding hydrogens is 214 g/mol. The van der Waals surface area contributed by atoms with E-state index in [2.05, 4.69) is 10.2 Å². The van der Waals surface area contributed by atoms with E-state index in [-0.39, 0.29) is 11.7 Å². The Labute approximate surface area is 90.6 Å². The first-order chi connectivity index (χ1) is 7.35. The molecule has 0 aliphatic heterocycles. The minimum atomic E-state index is -0.888. The number of carbonyl (C=O) groups is 1. The third kappa shape index (κ3) is 1.36. The summed E-state index contributed by atoms with van der Waals surface area (Å²) in [7, 11) is 0. The fraction of sp³-hybridized carbons (Fsp3) is 0.556. The van der Waals surface area contributed by atoms with Gasteiger partial charge < -0.3 is 15.2 Å². The van der Waals surface area contributed by atoms with Crippen LogP contribution in [0.3, 0.4) is 0 Å². The molecule has 0 amide bonds. The number of hydrogen-bond donors (Lipinski definition) is 2. The number of carboxylic acid groups (broad SMARTS) is 1. The van der Waals surface area contributed by atoms with Gasteiger partial charge in [0.25, 0.3) is 0 Å². The van der Waals surface area contributed by atoms with Crippen molar-refractivity contribution in [1.29, 1.82) is 0 Å². The van der Waals surface area contributed by atoms with Crippen molar-refractivity contribution in [3.8, 4) is 0 Å². The first kappa shape index (κ1) is 10.6. The van der Waals surface area contributed by atoms with Gasteiger partial charge in [0.1, 0.15) is 0 Å². The van der Waals surface area contributed by atoms with Gasteiger partial charge in [0.2, 0.25) is 0 Å². The SMILES string of the molecule is CC1(C)[C@H](C(=O)O)[C@H]1c1cc([N+](=O)[O-])[nH]n1. The number of aromatic nitrogens is 2. The van der Waals surface area contributed by atoms with Crippen LogP contribution in [0.25, 0.3) is 0 Å². The summed E-state index contributed by atoms with van der Waals surface area (Å²) in [6, 6.07) is 1.30. The van der Waals surface area contributed by atoms with Gasteiger partial charge in [-0.15, -0.1) is 5.10 Å². The van der Waals surface area contributed by atoms with Gasteiger partial charge in [0, 0.05) is 5.92 Å². The molecule has 0 saturated heterocycles. The predicted molar refractivity (Wildman–Crippen MR) is 52.9 cm³/mol. The minimum Gasteiger partial charge on any atom is -0.481 e. The highest BCUT2D eigenvalue weighted by Crippen LogP contribution is 2.64. The van der Waals surface area contributed by atoms with E-state index < -0.39 is 22.2 Å². The summed E-state index contributed by atoms with van der Waals surface area (Å²) in [4.78, 5) is 20.8. The minimum absolute atomic E-state index is 0.207. The van der Waals surface area contributed by atoms with Crippen molar-refractivity contribution in [3.05, 3.63) is 21.9 Å². The molecule has 7 heteroatoms. The molecule has 2 N–H and O–H groups in total. The van der Waals surface area contributed by atoms with E-state index in [0.29, 0.717) is 5.69 Å². The molecular formula is C9H11N3O4. The molecule has 1 fully saturated rings. The van der Waals surface area contributed by atoms with Crippen LogP contribution in [-0.2, 0) is 4.79 Å². The molecule has 0 aromatic carbocycles. The maximum absolute atomic E-state index is 10.9. The summed E-state index contributed by atoms with van der Waals surface area (Å²) >= 11 is 0. The summed E-state index contributed by atoms with van der Waals surface area (Å²) in [6.45, 7) is 3.63. The summed E-state index contributed by atoms with van der Waals surface area (Å²) in [5.74, 6) is -1.87. The van der Waals surface area contributed by atoms with Crippen molar-refractivity contribution >= 4 is 11.8 Å². The molecule has 1 heterocycles. The normalized spacial score (nSPS) is 26.4. The molecule has 1 saturated carbocycles. The molecule has 2 rings (SSSR count). The van der Waals surface area contributed by atoms with Crippen molar-refractivity contribution < 1.29 is 14.8 Å². The fourth-order valence-corrected chi connectivity index (χ4v) is 2.23. The number of carboxylic acids is 1. The number of H-pyrrole nitrogens is 1. The number of nitrogens with zero attached hydrogens (tertiary/aromatic N) is 2. The van der Waals surface area contributed by atoms with Gasteiger partial charge in [-0.05, 0) is 10.3 Å². The van der Waals surface area contributed by atoms with E-state index in [1.807, 2.05) is 13.8 Å². The van der Waals surface area contributed by atoms with E-state index in [0.717, 1.165) is 0 Å². The van der Waals surface area contributed by atoms with Crippen LogP contribution in [-0.4, -0.2) is 26.2 Å². The second-order valence-electron chi connectivity index (χ2n) is 4.55. The zero-order valence-electron chi connectivity index (χ0n) is 8.80. The average Bonchev–Trinajstić information content (AvgIpc) is 2.60. The van der Waals surface area contributed by atoms with Crippen LogP contribution in [0.1, 0.15) is 25.5 Å². The Kier molecular flexibility index (Phi) is 2.01. The second kappa shape index (κ2) is 3.03. The van der Waals surface area contributed by atoms with Crippen molar-refractivity contribution in [3.63, 3.8) is 0 Å². The van der Waals surface area contributed by atoms with Gasteiger partial charge in [-0.2, -0.15) is 0 Å². The number of aliphatic carboxylic acids is 1. The summed E-state index contributed by atoms with van der Waals surface area (Å²) in [5.41, 5.74) is 0.0543. The number of nitro groups is 1. The lowest BCUT2D eigenvalue weighted by atomic mass is 10.1. The van der Waals surface area contributed by atoms with Gasteiger partial charge in [0.05, 0.1) is 17.7 Å². The lowest BCUT2D eigenvalue weighted by Crippen LogP contribution is -2.03. The van der Waals surface area contributed by atoms with Crippen LogP contribution in [0.2, 0.25) is 0 Å². The van der Waals surface area contributed by atoms with Crippen LogP contribution in [0.15, 0.2) is 6.07 Å². The summed E-state index contributed by atoms with van der Waals surface area (Å²) < 4.78 is 0. The first-order valence-electron chi connectivity index (χ1n) is 4.78. The molecule has 1 aromatic heterocycles. The Morgan fingerprint density at radius 3 is 2.69 bits per heavy atom. The lowest BCUT2D eigenvalue weighted by molar-refractivity contribution is -0.389. The number of rotatable bonds is 3. The van der Waals surface area contributed by atoms with E-state index in [4.69, 9.17) is 5.11 Å². The summed E-state index contributed by atoms with van der Waals surface area (Å²) in [6.07, 6.45) is 0. The Morgan fingerprint density at radius 2 is 2.31 bits per heavy atom. The highest BCUT2D eigenvalue weighted by molar-refractivity contribution is 5.77. The molecule has 0 radical (unpaired) electrons. The smallest absolute Gasteiger partial charge is 0.342 e. The van der Waals surface area contributed by atoms with E-state index in [1.54, 1.807) is 0 Å². The van der Waals surface area contributed by atoms with Crippen molar-refractivity contribution in [2.24, 2.45) is 11.3 Å². The van der Waals surface area contributed by atoms with Crippen LogP contribution < -0.4 is 0 Å². The maximum Gasteiger partial charge on any atom is 0.342 e. The molecule has 1 aliphatic carbocycles. The topological polar surface area (TPSA) is 109 Å². The third-order valence-corrected chi connectivity index (χ3v) is 3.19. The van der Waals surface area contributed by atoms with E-state index >= 15 is 0 Å². The molecule has 16 heavy (non-hydrogen) atoms. The highest BCUT2D eigenvalue weighted by Gasteiger charge is 2.64. The molecule has 86 valence electrons. The molecule has 2 atom stereocenters. The van der Waals surface area contributed by atoms with Crippen molar-refractivity contribution in [1.82, 2.24) is 10.2 Å². The number of hydrogen-bond acceptors (Lipinski definition) is 4. The van der Waals surface area contributed by atoms with Crippen LogP contribution in [0, 0.1) is 21.4 Å². The van der Waals surface area contributed by atoms with Gasteiger partial charge in [0.15, 0.2) is 0 Å². The van der Waals surface area contributed by atoms with Gasteiger partial charge in [-0.25, -0.2) is 0 Å². The highest BCUT2D eigenvalue weighted by atomic mass is 16.6. The standard InChI is InChI=1S/C9H11N3O4/c1-9(2)6(7(9)8(13)14)4-3-5(11-10-4)12(15)16/h3,6-7H,1-2H3,(H,10,11)(H,13,14)/t6-,7+/m1/s1. The average molecular weight is 225 g/mol. The molecule has 0 unspecified atom stereocenters. The fourth-order valence-electron chi connectivity index (χ4n) is 2.23. The van der Waals surface area contributed by atoms with Crippen LogP contribution >= 0.6 is 0 Å². The largest absolute Gasteiger partial charge is 0.481 e. The van der Waals surface area contributed by atoms with Crippen molar-refractivity contribution in [2.45, 2.75) is 19.8 Å². The van der Waals surface area contributed by atoms with Gasteiger partial charge >= 0.3 is 11.8 Å². The van der Waals surface area contributed by atoms with Crippen LogP contribution in [0.4, 0.5) is 5.82 Å². The molecule has 1 aromatic rings.